The lowest BCUT2D eigenvalue weighted by Gasteiger charge is -2.17. The highest BCUT2D eigenvalue weighted by Crippen LogP contribution is 2.30. The van der Waals surface area contributed by atoms with E-state index in [0.29, 0.717) is 19.0 Å². The Hall–Kier alpha value is -1.29. The van der Waals surface area contributed by atoms with Gasteiger partial charge in [0.2, 0.25) is 5.91 Å². The smallest absolute Gasteiger partial charge is 0.223 e. The van der Waals surface area contributed by atoms with Crippen LogP contribution in [0.5, 0.6) is 0 Å². The molecule has 4 heteroatoms. The number of hydrogen-bond donors (Lipinski definition) is 2. The van der Waals surface area contributed by atoms with Crippen molar-refractivity contribution in [2.45, 2.75) is 25.7 Å². The molecule has 94 valence electrons. The molecule has 1 aliphatic rings. The Morgan fingerprint density at radius 2 is 2.41 bits per heavy atom. The second kappa shape index (κ2) is 5.87. The summed E-state index contributed by atoms with van der Waals surface area (Å²) in [6.45, 7) is 1.26. The van der Waals surface area contributed by atoms with Crippen molar-refractivity contribution >= 4 is 5.91 Å². The number of rotatable bonds is 5. The molecule has 2 atom stereocenters. The van der Waals surface area contributed by atoms with E-state index in [0.717, 1.165) is 31.4 Å². The SMILES string of the molecule is NCC1CCCC1C(=O)NCCc1ccco1. The van der Waals surface area contributed by atoms with Crippen molar-refractivity contribution in [2.75, 3.05) is 13.1 Å². The van der Waals surface area contributed by atoms with Gasteiger partial charge in [0.05, 0.1) is 6.26 Å². The first-order valence-corrected chi connectivity index (χ1v) is 6.31. The average molecular weight is 236 g/mol. The molecule has 4 nitrogen and oxygen atoms in total. The molecule has 0 radical (unpaired) electrons. The Kier molecular flexibility index (Phi) is 4.20. The highest BCUT2D eigenvalue weighted by atomic mass is 16.3. The second-order valence-corrected chi connectivity index (χ2v) is 4.65. The number of hydrogen-bond acceptors (Lipinski definition) is 3. The minimum atomic E-state index is 0.122. The average Bonchev–Trinajstić information content (AvgIpc) is 2.99. The molecule has 2 unspecified atom stereocenters. The molecule has 17 heavy (non-hydrogen) atoms. The van der Waals surface area contributed by atoms with Gasteiger partial charge in [-0.1, -0.05) is 6.42 Å². The standard InChI is InChI=1S/C13H20N2O2/c14-9-10-3-1-5-12(10)13(16)15-7-6-11-4-2-8-17-11/h2,4,8,10,12H,1,3,5-7,9,14H2,(H,15,16). The number of nitrogens with one attached hydrogen (secondary N) is 1. The van der Waals surface area contributed by atoms with Gasteiger partial charge in [-0.15, -0.1) is 0 Å². The van der Waals surface area contributed by atoms with E-state index >= 15 is 0 Å². The van der Waals surface area contributed by atoms with Gasteiger partial charge in [0, 0.05) is 18.9 Å². The fraction of sp³-hybridized carbons (Fsp3) is 0.615. The van der Waals surface area contributed by atoms with Crippen LogP contribution in [-0.2, 0) is 11.2 Å². The third kappa shape index (κ3) is 3.09. The number of furan rings is 1. The summed E-state index contributed by atoms with van der Waals surface area (Å²) in [7, 11) is 0. The molecule has 1 aromatic rings. The van der Waals surface area contributed by atoms with Crippen molar-refractivity contribution in [3.8, 4) is 0 Å². The first kappa shape index (κ1) is 12.2. The molecule has 0 aliphatic heterocycles. The number of carbonyl (C=O) groups excluding carboxylic acids is 1. The molecule has 1 fully saturated rings. The van der Waals surface area contributed by atoms with Crippen molar-refractivity contribution < 1.29 is 9.21 Å². The van der Waals surface area contributed by atoms with Crippen LogP contribution in [0.4, 0.5) is 0 Å². The molecule has 1 aromatic heterocycles. The summed E-state index contributed by atoms with van der Waals surface area (Å²) in [5, 5.41) is 2.97. The van der Waals surface area contributed by atoms with Gasteiger partial charge in [-0.2, -0.15) is 0 Å². The summed E-state index contributed by atoms with van der Waals surface area (Å²) in [5.74, 6) is 1.56. The Labute approximate surface area is 102 Å². The van der Waals surface area contributed by atoms with E-state index in [9.17, 15) is 4.79 Å². The summed E-state index contributed by atoms with van der Waals surface area (Å²) < 4.78 is 5.21. The minimum Gasteiger partial charge on any atom is -0.469 e. The summed E-state index contributed by atoms with van der Waals surface area (Å²) in [5.41, 5.74) is 5.67. The first-order valence-electron chi connectivity index (χ1n) is 6.31. The molecule has 1 heterocycles. The molecule has 1 amide bonds. The highest BCUT2D eigenvalue weighted by molar-refractivity contribution is 5.79. The molecule has 0 saturated heterocycles. The van der Waals surface area contributed by atoms with Crippen molar-refractivity contribution in [3.05, 3.63) is 24.2 Å². The summed E-state index contributed by atoms with van der Waals surface area (Å²) in [6.07, 6.45) is 5.59. The largest absolute Gasteiger partial charge is 0.469 e. The van der Waals surface area contributed by atoms with Crippen molar-refractivity contribution in [1.29, 1.82) is 0 Å². The first-order chi connectivity index (χ1) is 8.31. The maximum Gasteiger partial charge on any atom is 0.223 e. The van der Waals surface area contributed by atoms with Crippen LogP contribution in [0, 0.1) is 11.8 Å². The van der Waals surface area contributed by atoms with Crippen molar-refractivity contribution in [1.82, 2.24) is 5.32 Å². The van der Waals surface area contributed by atoms with Gasteiger partial charge in [0.1, 0.15) is 5.76 Å². The fourth-order valence-electron chi connectivity index (χ4n) is 2.56. The molecule has 3 N–H and O–H groups in total. The molecular weight excluding hydrogens is 216 g/mol. The number of nitrogens with two attached hydrogens (primary N) is 1. The zero-order valence-electron chi connectivity index (χ0n) is 10.0. The normalized spacial score (nSPS) is 23.8. The third-order valence-electron chi connectivity index (χ3n) is 3.55. The fourth-order valence-corrected chi connectivity index (χ4v) is 2.56. The topological polar surface area (TPSA) is 68.3 Å². The second-order valence-electron chi connectivity index (χ2n) is 4.65. The zero-order valence-corrected chi connectivity index (χ0v) is 10.0. The van der Waals surface area contributed by atoms with Crippen LogP contribution in [0.15, 0.2) is 22.8 Å². The van der Waals surface area contributed by atoms with E-state index in [1.54, 1.807) is 6.26 Å². The Morgan fingerprint density at radius 3 is 3.12 bits per heavy atom. The summed E-state index contributed by atoms with van der Waals surface area (Å²) >= 11 is 0. The van der Waals surface area contributed by atoms with Gasteiger partial charge in [0.25, 0.3) is 0 Å². The lowest BCUT2D eigenvalue weighted by molar-refractivity contribution is -0.125. The van der Waals surface area contributed by atoms with Gasteiger partial charge in [-0.05, 0) is 37.4 Å². The predicted octanol–water partition coefficient (Wildman–Crippen LogP) is 1.31. The van der Waals surface area contributed by atoms with Gasteiger partial charge in [-0.3, -0.25) is 4.79 Å². The van der Waals surface area contributed by atoms with Gasteiger partial charge >= 0.3 is 0 Å². The third-order valence-corrected chi connectivity index (χ3v) is 3.55. The molecule has 0 aromatic carbocycles. The van der Waals surface area contributed by atoms with Crippen molar-refractivity contribution in [3.63, 3.8) is 0 Å². The molecule has 0 spiro atoms. The predicted molar refractivity (Wildman–Crippen MR) is 65.3 cm³/mol. The highest BCUT2D eigenvalue weighted by Gasteiger charge is 2.31. The molecule has 1 saturated carbocycles. The molecule has 0 bridgehead atoms. The number of amides is 1. The Morgan fingerprint density at radius 1 is 1.53 bits per heavy atom. The van der Waals surface area contributed by atoms with E-state index in [4.69, 9.17) is 10.2 Å². The summed E-state index contributed by atoms with van der Waals surface area (Å²) in [6, 6.07) is 3.78. The molecule has 2 rings (SSSR count). The Balaban J connectivity index is 1.73. The van der Waals surface area contributed by atoms with Crippen LogP contribution in [-0.4, -0.2) is 19.0 Å². The van der Waals surface area contributed by atoms with E-state index < -0.39 is 0 Å². The quantitative estimate of drug-likeness (QED) is 0.810. The maximum absolute atomic E-state index is 11.9. The van der Waals surface area contributed by atoms with Crippen LogP contribution in [0.25, 0.3) is 0 Å². The minimum absolute atomic E-state index is 0.122. The van der Waals surface area contributed by atoms with Gasteiger partial charge in [0.15, 0.2) is 0 Å². The molecule has 1 aliphatic carbocycles. The van der Waals surface area contributed by atoms with E-state index in [1.807, 2.05) is 12.1 Å². The number of carbonyl (C=O) groups is 1. The summed E-state index contributed by atoms with van der Waals surface area (Å²) in [4.78, 5) is 11.9. The van der Waals surface area contributed by atoms with Crippen LogP contribution in [0.1, 0.15) is 25.0 Å². The molecular formula is C13H20N2O2. The van der Waals surface area contributed by atoms with E-state index in [2.05, 4.69) is 5.32 Å². The van der Waals surface area contributed by atoms with Crippen LogP contribution >= 0.6 is 0 Å². The maximum atomic E-state index is 11.9. The van der Waals surface area contributed by atoms with Crippen LogP contribution in [0.3, 0.4) is 0 Å². The lowest BCUT2D eigenvalue weighted by Crippen LogP contribution is -2.36. The van der Waals surface area contributed by atoms with E-state index in [-0.39, 0.29) is 11.8 Å². The van der Waals surface area contributed by atoms with Gasteiger partial charge < -0.3 is 15.5 Å². The van der Waals surface area contributed by atoms with Crippen molar-refractivity contribution in [2.24, 2.45) is 17.6 Å². The van der Waals surface area contributed by atoms with Crippen LogP contribution in [0.2, 0.25) is 0 Å². The zero-order chi connectivity index (χ0) is 12.1. The Bertz CT molecular complexity index is 348. The van der Waals surface area contributed by atoms with Gasteiger partial charge in [-0.25, -0.2) is 0 Å². The lowest BCUT2D eigenvalue weighted by atomic mass is 9.95. The van der Waals surface area contributed by atoms with E-state index in [1.165, 1.54) is 0 Å². The monoisotopic (exact) mass is 236 g/mol. The van der Waals surface area contributed by atoms with Crippen LogP contribution < -0.4 is 11.1 Å².